The Morgan fingerprint density at radius 1 is 1.46 bits per heavy atom. The van der Waals surface area contributed by atoms with Crippen LogP contribution >= 0.6 is 0 Å². The van der Waals surface area contributed by atoms with E-state index in [1.165, 1.54) is 32.1 Å². The Hall–Kier alpha value is -0.400. The number of hydrogen-bond donors (Lipinski definition) is 0. The molecule has 2 nitrogen and oxygen atoms in total. The van der Waals surface area contributed by atoms with Crippen molar-refractivity contribution in [2.24, 2.45) is 15.6 Å². The van der Waals surface area contributed by atoms with Crippen LogP contribution in [-0.2, 0) is 0 Å². The molecule has 0 aromatic rings. The van der Waals surface area contributed by atoms with Crippen LogP contribution in [0.2, 0.25) is 0 Å². The summed E-state index contributed by atoms with van der Waals surface area (Å²) in [7, 11) is 0. The SMILES string of the molecule is CCCC1(C)CCCC(C)N=NC1. The second kappa shape index (κ2) is 4.73. The predicted molar refractivity (Wildman–Crippen MR) is 56.1 cm³/mol. The number of rotatable bonds is 2. The van der Waals surface area contributed by atoms with E-state index in [1.807, 2.05) is 0 Å². The minimum absolute atomic E-state index is 0.429. The van der Waals surface area contributed by atoms with Crippen LogP contribution in [0.1, 0.15) is 52.9 Å². The molecule has 76 valence electrons. The fraction of sp³-hybridized carbons (Fsp3) is 1.00. The summed E-state index contributed by atoms with van der Waals surface area (Å²) in [5, 5.41) is 8.59. The van der Waals surface area contributed by atoms with Gasteiger partial charge in [-0.3, -0.25) is 0 Å². The molecule has 1 heterocycles. The summed E-state index contributed by atoms with van der Waals surface area (Å²) in [5.41, 5.74) is 0.429. The van der Waals surface area contributed by atoms with Gasteiger partial charge >= 0.3 is 0 Å². The van der Waals surface area contributed by atoms with E-state index < -0.39 is 0 Å². The van der Waals surface area contributed by atoms with Crippen LogP contribution in [0.4, 0.5) is 0 Å². The molecule has 0 N–H and O–H groups in total. The lowest BCUT2D eigenvalue weighted by Gasteiger charge is -2.28. The molecule has 0 radical (unpaired) electrons. The molecule has 0 amide bonds. The van der Waals surface area contributed by atoms with Crippen molar-refractivity contribution in [3.05, 3.63) is 0 Å². The van der Waals surface area contributed by atoms with Gasteiger partial charge in [-0.05, 0) is 31.6 Å². The molecule has 0 fully saturated rings. The van der Waals surface area contributed by atoms with Gasteiger partial charge in [0.2, 0.25) is 0 Å². The van der Waals surface area contributed by atoms with Crippen molar-refractivity contribution in [1.29, 1.82) is 0 Å². The maximum Gasteiger partial charge on any atom is 0.0680 e. The zero-order valence-electron chi connectivity index (χ0n) is 9.21. The van der Waals surface area contributed by atoms with Crippen LogP contribution in [0, 0.1) is 5.41 Å². The highest BCUT2D eigenvalue weighted by atomic mass is 15.1. The van der Waals surface area contributed by atoms with Gasteiger partial charge in [0.25, 0.3) is 0 Å². The molecule has 0 aromatic carbocycles. The number of azo groups is 1. The highest BCUT2D eigenvalue weighted by molar-refractivity contribution is 4.78. The van der Waals surface area contributed by atoms with Crippen LogP contribution in [0.5, 0.6) is 0 Å². The minimum Gasteiger partial charge on any atom is -0.193 e. The van der Waals surface area contributed by atoms with Crippen molar-refractivity contribution in [3.63, 3.8) is 0 Å². The van der Waals surface area contributed by atoms with Crippen LogP contribution < -0.4 is 0 Å². The predicted octanol–water partition coefficient (Wildman–Crippen LogP) is 3.82. The molecule has 1 rings (SSSR count). The highest BCUT2D eigenvalue weighted by Gasteiger charge is 2.24. The standard InChI is InChI=1S/C11H22N2/c1-4-7-11(3)8-5-6-10(2)13-12-9-11/h10H,4-9H2,1-3H3. The van der Waals surface area contributed by atoms with E-state index in [4.69, 9.17) is 0 Å². The van der Waals surface area contributed by atoms with Gasteiger partial charge in [0.1, 0.15) is 0 Å². The molecule has 13 heavy (non-hydrogen) atoms. The van der Waals surface area contributed by atoms with Crippen molar-refractivity contribution in [2.75, 3.05) is 6.54 Å². The van der Waals surface area contributed by atoms with Gasteiger partial charge in [0.05, 0.1) is 12.6 Å². The van der Waals surface area contributed by atoms with E-state index in [0.29, 0.717) is 11.5 Å². The average Bonchev–Trinajstić information content (AvgIpc) is 2.02. The van der Waals surface area contributed by atoms with Gasteiger partial charge in [-0.15, -0.1) is 0 Å². The Kier molecular flexibility index (Phi) is 3.89. The third-order valence-electron chi connectivity index (χ3n) is 2.99. The first-order chi connectivity index (χ1) is 6.16. The topological polar surface area (TPSA) is 24.7 Å². The fourth-order valence-corrected chi connectivity index (χ4v) is 2.12. The largest absolute Gasteiger partial charge is 0.193 e. The number of hydrogen-bond acceptors (Lipinski definition) is 2. The van der Waals surface area contributed by atoms with Gasteiger partial charge in [0.15, 0.2) is 0 Å². The normalized spacial score (nSPS) is 35.5. The third kappa shape index (κ3) is 3.45. The molecule has 2 atom stereocenters. The molecule has 0 aliphatic carbocycles. The van der Waals surface area contributed by atoms with E-state index in [-0.39, 0.29) is 0 Å². The van der Waals surface area contributed by atoms with Crippen molar-refractivity contribution in [2.45, 2.75) is 58.9 Å². The van der Waals surface area contributed by atoms with Gasteiger partial charge < -0.3 is 0 Å². The molecule has 0 saturated carbocycles. The summed E-state index contributed by atoms with van der Waals surface area (Å²) in [4.78, 5) is 0. The van der Waals surface area contributed by atoms with Crippen molar-refractivity contribution in [1.82, 2.24) is 0 Å². The Morgan fingerprint density at radius 3 is 2.92 bits per heavy atom. The molecule has 1 aliphatic rings. The fourth-order valence-electron chi connectivity index (χ4n) is 2.12. The minimum atomic E-state index is 0.429. The lowest BCUT2D eigenvalue weighted by atomic mass is 9.80. The van der Waals surface area contributed by atoms with Crippen molar-refractivity contribution in [3.8, 4) is 0 Å². The second-order valence-electron chi connectivity index (χ2n) is 4.72. The summed E-state index contributed by atoms with van der Waals surface area (Å²) in [6.07, 6.45) is 6.41. The maximum atomic E-state index is 4.31. The quantitative estimate of drug-likeness (QED) is 0.620. The van der Waals surface area contributed by atoms with E-state index >= 15 is 0 Å². The molecule has 2 unspecified atom stereocenters. The van der Waals surface area contributed by atoms with Crippen molar-refractivity contribution >= 4 is 0 Å². The lowest BCUT2D eigenvalue weighted by Crippen LogP contribution is -2.22. The first-order valence-corrected chi connectivity index (χ1v) is 5.53. The Balaban J connectivity index is 2.53. The van der Waals surface area contributed by atoms with Crippen LogP contribution in [0.25, 0.3) is 0 Å². The Bertz CT molecular complexity index is 177. The Labute approximate surface area is 81.8 Å². The molecule has 0 aromatic heterocycles. The highest BCUT2D eigenvalue weighted by Crippen LogP contribution is 2.32. The summed E-state index contributed by atoms with van der Waals surface area (Å²) < 4.78 is 0. The zero-order chi connectivity index (χ0) is 9.73. The molecular weight excluding hydrogens is 160 g/mol. The average molecular weight is 182 g/mol. The van der Waals surface area contributed by atoms with E-state index in [9.17, 15) is 0 Å². The Morgan fingerprint density at radius 2 is 2.23 bits per heavy atom. The van der Waals surface area contributed by atoms with Crippen LogP contribution in [0.15, 0.2) is 10.2 Å². The second-order valence-corrected chi connectivity index (χ2v) is 4.72. The van der Waals surface area contributed by atoms with E-state index in [2.05, 4.69) is 31.0 Å². The maximum absolute atomic E-state index is 4.31. The van der Waals surface area contributed by atoms with Gasteiger partial charge in [-0.2, -0.15) is 10.2 Å². The lowest BCUT2D eigenvalue weighted by molar-refractivity contribution is 0.253. The first-order valence-electron chi connectivity index (χ1n) is 5.53. The molecule has 2 heteroatoms. The summed E-state index contributed by atoms with van der Waals surface area (Å²) in [5.74, 6) is 0. The van der Waals surface area contributed by atoms with Gasteiger partial charge in [0, 0.05) is 0 Å². The molecule has 1 aliphatic heterocycles. The summed E-state index contributed by atoms with van der Waals surface area (Å²) in [6.45, 7) is 7.70. The molecule has 0 bridgehead atoms. The summed E-state index contributed by atoms with van der Waals surface area (Å²) >= 11 is 0. The van der Waals surface area contributed by atoms with Gasteiger partial charge in [-0.25, -0.2) is 0 Å². The molecule has 0 spiro atoms. The molecular formula is C11H22N2. The smallest absolute Gasteiger partial charge is 0.0680 e. The number of nitrogens with zero attached hydrogens (tertiary/aromatic N) is 2. The molecule has 0 saturated heterocycles. The van der Waals surface area contributed by atoms with E-state index in [1.54, 1.807) is 0 Å². The third-order valence-corrected chi connectivity index (χ3v) is 2.99. The van der Waals surface area contributed by atoms with E-state index in [0.717, 1.165) is 6.54 Å². The summed E-state index contributed by atoms with van der Waals surface area (Å²) in [6, 6.07) is 0.450. The van der Waals surface area contributed by atoms with Crippen molar-refractivity contribution < 1.29 is 0 Å². The van der Waals surface area contributed by atoms with Gasteiger partial charge in [-0.1, -0.05) is 26.7 Å². The monoisotopic (exact) mass is 182 g/mol. The zero-order valence-corrected chi connectivity index (χ0v) is 9.21. The van der Waals surface area contributed by atoms with Crippen LogP contribution in [-0.4, -0.2) is 12.6 Å². The van der Waals surface area contributed by atoms with Crippen LogP contribution in [0.3, 0.4) is 0 Å². The first kappa shape index (κ1) is 10.7.